The Bertz CT molecular complexity index is 1550. The standard InChI is InChI=1S/C23H20FN7O2/c1-26-16-5-10(24)4-12-18-21(28-20(12)16)29-23(30-22(18)31-8-13-14(9-31)19(13)25)33-11-6-17-15(27-7-11)2-3-32-17/h2-7,13-14,19,26H,8-9,25H2,1H3,(H,28,29,30). The van der Waals surface area contributed by atoms with Crippen LogP contribution in [-0.4, -0.2) is 46.1 Å². The van der Waals surface area contributed by atoms with Gasteiger partial charge in [-0.3, -0.25) is 0 Å². The molecule has 5 heterocycles. The first-order chi connectivity index (χ1) is 16.1. The van der Waals surface area contributed by atoms with Crippen LogP contribution in [0.3, 0.4) is 0 Å². The van der Waals surface area contributed by atoms with E-state index in [0.29, 0.717) is 40.3 Å². The van der Waals surface area contributed by atoms with Crippen LogP contribution in [0.2, 0.25) is 0 Å². The van der Waals surface area contributed by atoms with Crippen molar-refractivity contribution in [3.63, 3.8) is 0 Å². The second kappa shape index (κ2) is 6.55. The number of aromatic amines is 1. The molecule has 7 rings (SSSR count). The lowest BCUT2D eigenvalue weighted by atomic mass is 10.1. The average Bonchev–Trinajstić information content (AvgIpc) is 3.29. The Balaban J connectivity index is 1.40. The molecular weight excluding hydrogens is 425 g/mol. The van der Waals surface area contributed by atoms with Crippen LogP contribution in [-0.2, 0) is 0 Å². The minimum absolute atomic E-state index is 0.174. The van der Waals surface area contributed by atoms with Gasteiger partial charge in [0.1, 0.15) is 22.8 Å². The molecule has 1 aromatic carbocycles. The number of nitrogens with zero attached hydrogens (tertiary/aromatic N) is 4. The van der Waals surface area contributed by atoms with Gasteiger partial charge in [-0.05, 0) is 24.0 Å². The van der Waals surface area contributed by atoms with Crippen molar-refractivity contribution in [2.24, 2.45) is 17.6 Å². The number of pyridine rings is 1. The monoisotopic (exact) mass is 445 g/mol. The van der Waals surface area contributed by atoms with Crippen molar-refractivity contribution in [3.8, 4) is 11.8 Å². The van der Waals surface area contributed by atoms with Gasteiger partial charge in [0.2, 0.25) is 0 Å². The Morgan fingerprint density at radius 2 is 2.09 bits per heavy atom. The van der Waals surface area contributed by atoms with E-state index in [1.807, 2.05) is 0 Å². The van der Waals surface area contributed by atoms with Gasteiger partial charge in [-0.15, -0.1) is 0 Å². The Morgan fingerprint density at radius 1 is 1.24 bits per heavy atom. The predicted octanol–water partition coefficient (Wildman–Crippen LogP) is 3.62. The Kier molecular flexibility index (Phi) is 3.70. The molecule has 33 heavy (non-hydrogen) atoms. The number of benzene rings is 1. The third-order valence-corrected chi connectivity index (χ3v) is 6.80. The number of nitrogens with one attached hydrogen (secondary N) is 2. The van der Waals surface area contributed by atoms with Gasteiger partial charge in [-0.2, -0.15) is 9.97 Å². The third kappa shape index (κ3) is 2.77. The molecule has 1 saturated heterocycles. The van der Waals surface area contributed by atoms with Gasteiger partial charge in [0, 0.05) is 43.7 Å². The number of hydrogen-bond acceptors (Lipinski definition) is 8. The maximum Gasteiger partial charge on any atom is 0.326 e. The van der Waals surface area contributed by atoms with Crippen LogP contribution >= 0.6 is 0 Å². The molecule has 2 atom stereocenters. The SMILES string of the molecule is CNc1cc(F)cc2c1[nH]c1nc(Oc3cnc4ccoc4c3)nc(N3CC4C(N)C4C3)c12. The lowest BCUT2D eigenvalue weighted by Gasteiger charge is -2.21. The minimum Gasteiger partial charge on any atom is -0.463 e. The maximum absolute atomic E-state index is 14.4. The Morgan fingerprint density at radius 3 is 2.91 bits per heavy atom. The highest BCUT2D eigenvalue weighted by Crippen LogP contribution is 2.47. The number of nitrogens with two attached hydrogens (primary N) is 1. The number of hydrogen-bond donors (Lipinski definition) is 3. The smallest absolute Gasteiger partial charge is 0.326 e. The van der Waals surface area contributed by atoms with E-state index in [1.54, 1.807) is 31.6 Å². The first-order valence-corrected chi connectivity index (χ1v) is 10.8. The normalized spacial score (nSPS) is 21.8. The van der Waals surface area contributed by atoms with Crippen molar-refractivity contribution >= 4 is 44.5 Å². The number of anilines is 2. The summed E-state index contributed by atoms with van der Waals surface area (Å²) in [4.78, 5) is 19.2. The second-order valence-corrected chi connectivity index (χ2v) is 8.69. The summed E-state index contributed by atoms with van der Waals surface area (Å²) in [5.74, 6) is 1.76. The molecule has 0 amide bonds. The molecule has 2 fully saturated rings. The molecule has 4 aromatic heterocycles. The molecule has 1 aliphatic heterocycles. The molecule has 0 spiro atoms. The van der Waals surface area contributed by atoms with Crippen LogP contribution in [0.1, 0.15) is 0 Å². The van der Waals surface area contributed by atoms with Crippen LogP contribution in [0.5, 0.6) is 11.8 Å². The number of H-pyrrole nitrogens is 1. The molecule has 166 valence electrons. The maximum atomic E-state index is 14.4. The highest BCUT2D eigenvalue weighted by Gasteiger charge is 2.54. The van der Waals surface area contributed by atoms with E-state index in [9.17, 15) is 4.39 Å². The summed E-state index contributed by atoms with van der Waals surface area (Å²) in [5, 5.41) is 4.54. The number of furan rings is 1. The molecule has 2 aliphatic rings. The van der Waals surface area contributed by atoms with Crippen molar-refractivity contribution < 1.29 is 13.5 Å². The van der Waals surface area contributed by atoms with Gasteiger partial charge in [0.25, 0.3) is 0 Å². The summed E-state index contributed by atoms with van der Waals surface area (Å²) in [7, 11) is 1.76. The van der Waals surface area contributed by atoms with Crippen LogP contribution in [0, 0.1) is 17.7 Å². The molecule has 2 unspecified atom stereocenters. The summed E-state index contributed by atoms with van der Waals surface area (Å²) in [6.45, 7) is 1.61. The highest BCUT2D eigenvalue weighted by molar-refractivity contribution is 6.14. The minimum atomic E-state index is -0.330. The fraction of sp³-hybridized carbons (Fsp3) is 0.261. The molecular formula is C23H20FN7O2. The number of piperidine rings is 1. The van der Waals surface area contributed by atoms with E-state index in [0.717, 1.165) is 34.9 Å². The van der Waals surface area contributed by atoms with Crippen molar-refractivity contribution in [1.29, 1.82) is 0 Å². The van der Waals surface area contributed by atoms with E-state index in [-0.39, 0.29) is 17.9 Å². The van der Waals surface area contributed by atoms with Gasteiger partial charge in [-0.1, -0.05) is 0 Å². The van der Waals surface area contributed by atoms with Gasteiger partial charge < -0.3 is 30.1 Å². The lowest BCUT2D eigenvalue weighted by molar-refractivity contribution is 0.441. The summed E-state index contributed by atoms with van der Waals surface area (Å²) in [6, 6.07) is 6.92. The molecule has 9 nitrogen and oxygen atoms in total. The molecule has 0 radical (unpaired) electrons. The average molecular weight is 445 g/mol. The largest absolute Gasteiger partial charge is 0.463 e. The summed E-state index contributed by atoms with van der Waals surface area (Å²) in [6.07, 6.45) is 3.18. The molecule has 10 heteroatoms. The number of halogens is 1. The molecule has 1 saturated carbocycles. The fourth-order valence-corrected chi connectivity index (χ4v) is 5.03. The van der Waals surface area contributed by atoms with Crippen molar-refractivity contribution in [1.82, 2.24) is 19.9 Å². The first-order valence-electron chi connectivity index (χ1n) is 10.8. The predicted molar refractivity (Wildman–Crippen MR) is 122 cm³/mol. The van der Waals surface area contributed by atoms with Gasteiger partial charge >= 0.3 is 6.01 Å². The van der Waals surface area contributed by atoms with Gasteiger partial charge in [-0.25, -0.2) is 9.37 Å². The quantitative estimate of drug-likeness (QED) is 0.384. The zero-order chi connectivity index (χ0) is 22.3. The lowest BCUT2D eigenvalue weighted by Crippen LogP contribution is -2.29. The van der Waals surface area contributed by atoms with Gasteiger partial charge in [0.15, 0.2) is 11.3 Å². The zero-order valence-electron chi connectivity index (χ0n) is 17.7. The van der Waals surface area contributed by atoms with E-state index in [2.05, 4.69) is 25.2 Å². The van der Waals surface area contributed by atoms with Crippen LogP contribution < -0.4 is 20.7 Å². The number of fused-ring (bicyclic) bond motifs is 5. The number of rotatable bonds is 4. The van der Waals surface area contributed by atoms with Gasteiger partial charge in [0.05, 0.1) is 29.1 Å². The first kappa shape index (κ1) is 18.6. The fourth-order valence-electron chi connectivity index (χ4n) is 5.03. The second-order valence-electron chi connectivity index (χ2n) is 8.69. The Labute approximate surface area is 186 Å². The third-order valence-electron chi connectivity index (χ3n) is 6.80. The van der Waals surface area contributed by atoms with Crippen molar-refractivity contribution in [3.05, 3.63) is 42.5 Å². The summed E-state index contributed by atoms with van der Waals surface area (Å²) < 4.78 is 25.8. The molecule has 1 aliphatic carbocycles. The van der Waals surface area contributed by atoms with Crippen LogP contribution in [0.15, 0.2) is 41.1 Å². The number of ether oxygens (including phenoxy) is 1. The zero-order valence-corrected chi connectivity index (χ0v) is 17.7. The van der Waals surface area contributed by atoms with E-state index in [4.69, 9.17) is 19.9 Å². The Hall–Kier alpha value is -3.92. The molecule has 4 N–H and O–H groups in total. The molecule has 0 bridgehead atoms. The van der Waals surface area contributed by atoms with E-state index in [1.165, 1.54) is 12.1 Å². The van der Waals surface area contributed by atoms with Crippen molar-refractivity contribution in [2.75, 3.05) is 30.4 Å². The molecule has 5 aromatic rings. The summed E-state index contributed by atoms with van der Waals surface area (Å²) >= 11 is 0. The number of aromatic nitrogens is 4. The van der Waals surface area contributed by atoms with Crippen LogP contribution in [0.25, 0.3) is 33.0 Å². The van der Waals surface area contributed by atoms with E-state index >= 15 is 0 Å². The van der Waals surface area contributed by atoms with Crippen LogP contribution in [0.4, 0.5) is 15.9 Å². The van der Waals surface area contributed by atoms with Crippen molar-refractivity contribution in [2.45, 2.75) is 6.04 Å². The van der Waals surface area contributed by atoms with E-state index < -0.39 is 0 Å². The summed E-state index contributed by atoms with van der Waals surface area (Å²) in [5.41, 5.74) is 9.50. The highest BCUT2D eigenvalue weighted by atomic mass is 19.1. The topological polar surface area (TPSA) is 118 Å².